The molecule has 1 saturated heterocycles. The van der Waals surface area contributed by atoms with E-state index in [-0.39, 0.29) is 35.7 Å². The highest BCUT2D eigenvalue weighted by molar-refractivity contribution is 6.30. The first-order valence-corrected chi connectivity index (χ1v) is 12.6. The number of anilines is 1. The Bertz CT molecular complexity index is 825. The molecular weight excluding hydrogens is 440 g/mol. The average Bonchev–Trinajstić information content (AvgIpc) is 2.83. The Morgan fingerprint density at radius 1 is 1.09 bits per heavy atom. The van der Waals surface area contributed by atoms with Crippen LogP contribution in [-0.4, -0.2) is 59.4 Å². The van der Waals surface area contributed by atoms with Crippen LogP contribution in [0.2, 0.25) is 5.02 Å². The van der Waals surface area contributed by atoms with Crippen molar-refractivity contribution in [1.29, 1.82) is 0 Å². The van der Waals surface area contributed by atoms with Crippen LogP contribution >= 0.6 is 11.6 Å². The van der Waals surface area contributed by atoms with E-state index in [2.05, 4.69) is 10.6 Å². The largest absolute Gasteiger partial charge is 0.344 e. The Hall–Kier alpha value is -2.28. The highest BCUT2D eigenvalue weighted by atomic mass is 35.5. The Morgan fingerprint density at radius 2 is 1.76 bits per heavy atom. The van der Waals surface area contributed by atoms with E-state index in [0.717, 1.165) is 32.1 Å². The van der Waals surface area contributed by atoms with Crippen LogP contribution in [0.15, 0.2) is 24.3 Å². The standard InChI is InChI=1S/C25H37ClN4O3/c1-4-17(2)22(28-23(31)19-8-6-5-7-9-19)24(32)29-14-15-30(18(3)16-29)25(33)27-21-12-10-20(26)11-13-21/h10-13,17-19,22H,4-9,14-16H2,1-3H3,(H,27,33)(H,28,31). The van der Waals surface area contributed by atoms with Gasteiger partial charge in [-0.05, 0) is 49.9 Å². The summed E-state index contributed by atoms with van der Waals surface area (Å²) < 4.78 is 0. The van der Waals surface area contributed by atoms with Crippen molar-refractivity contribution < 1.29 is 14.4 Å². The lowest BCUT2D eigenvalue weighted by Crippen LogP contribution is -2.60. The number of hydrogen-bond donors (Lipinski definition) is 2. The maximum absolute atomic E-state index is 13.4. The van der Waals surface area contributed by atoms with Crippen LogP contribution in [-0.2, 0) is 9.59 Å². The highest BCUT2D eigenvalue weighted by Gasteiger charge is 2.36. The van der Waals surface area contributed by atoms with Gasteiger partial charge in [-0.1, -0.05) is 51.1 Å². The molecule has 1 heterocycles. The first-order chi connectivity index (χ1) is 15.8. The highest BCUT2D eigenvalue weighted by Crippen LogP contribution is 2.25. The van der Waals surface area contributed by atoms with E-state index in [0.29, 0.717) is 30.3 Å². The van der Waals surface area contributed by atoms with Gasteiger partial charge in [-0.25, -0.2) is 4.79 Å². The molecule has 2 N–H and O–H groups in total. The Kier molecular flexibility index (Phi) is 9.01. The molecule has 2 fully saturated rings. The summed E-state index contributed by atoms with van der Waals surface area (Å²) in [6.45, 7) is 7.33. The van der Waals surface area contributed by atoms with Gasteiger partial charge in [-0.15, -0.1) is 0 Å². The first-order valence-electron chi connectivity index (χ1n) is 12.2. The number of nitrogens with one attached hydrogen (secondary N) is 2. The zero-order valence-electron chi connectivity index (χ0n) is 20.0. The first kappa shape index (κ1) is 25.3. The van der Waals surface area contributed by atoms with Crippen LogP contribution in [0.3, 0.4) is 0 Å². The summed E-state index contributed by atoms with van der Waals surface area (Å²) in [6, 6.07) is 6.13. The fourth-order valence-corrected chi connectivity index (χ4v) is 4.83. The molecule has 4 amide bonds. The van der Waals surface area contributed by atoms with Gasteiger partial charge >= 0.3 is 6.03 Å². The van der Waals surface area contributed by atoms with Gasteiger partial charge in [0.1, 0.15) is 6.04 Å². The van der Waals surface area contributed by atoms with Crippen LogP contribution in [0, 0.1) is 11.8 Å². The molecule has 33 heavy (non-hydrogen) atoms. The van der Waals surface area contributed by atoms with Crippen molar-refractivity contribution in [2.24, 2.45) is 11.8 Å². The second kappa shape index (κ2) is 11.7. The summed E-state index contributed by atoms with van der Waals surface area (Å²) in [6.07, 6.45) is 5.97. The quantitative estimate of drug-likeness (QED) is 0.633. The van der Waals surface area contributed by atoms with Gasteiger partial charge in [0.15, 0.2) is 0 Å². The van der Waals surface area contributed by atoms with Gasteiger partial charge in [0.25, 0.3) is 0 Å². The number of hydrogen-bond acceptors (Lipinski definition) is 3. The molecule has 3 rings (SSSR count). The van der Waals surface area contributed by atoms with Crippen LogP contribution in [0.4, 0.5) is 10.5 Å². The molecule has 3 unspecified atom stereocenters. The molecule has 2 aliphatic rings. The summed E-state index contributed by atoms with van der Waals surface area (Å²) in [7, 11) is 0. The molecule has 1 aromatic carbocycles. The van der Waals surface area contributed by atoms with Crippen molar-refractivity contribution >= 4 is 35.1 Å². The number of rotatable bonds is 6. The average molecular weight is 477 g/mol. The van der Waals surface area contributed by atoms with E-state index in [1.165, 1.54) is 6.42 Å². The molecule has 182 valence electrons. The van der Waals surface area contributed by atoms with E-state index >= 15 is 0 Å². The van der Waals surface area contributed by atoms with Gasteiger partial charge in [-0.2, -0.15) is 0 Å². The van der Waals surface area contributed by atoms with E-state index < -0.39 is 6.04 Å². The molecule has 8 heteroatoms. The van der Waals surface area contributed by atoms with E-state index in [1.54, 1.807) is 34.1 Å². The lowest BCUT2D eigenvalue weighted by molar-refractivity contribution is -0.141. The normalized spacial score (nSPS) is 21.3. The fraction of sp³-hybridized carbons (Fsp3) is 0.640. The van der Waals surface area contributed by atoms with Gasteiger partial charge in [0, 0.05) is 42.3 Å². The van der Waals surface area contributed by atoms with Crippen molar-refractivity contribution in [3.63, 3.8) is 0 Å². The SMILES string of the molecule is CCC(C)C(NC(=O)C1CCCCC1)C(=O)N1CCN(C(=O)Nc2ccc(Cl)cc2)C(C)C1. The summed E-state index contributed by atoms with van der Waals surface area (Å²) in [5, 5.41) is 6.59. The van der Waals surface area contributed by atoms with Gasteiger partial charge in [-0.3, -0.25) is 9.59 Å². The van der Waals surface area contributed by atoms with E-state index in [1.807, 2.05) is 20.8 Å². The molecule has 1 aliphatic carbocycles. The van der Waals surface area contributed by atoms with Crippen LogP contribution < -0.4 is 10.6 Å². The molecule has 1 saturated carbocycles. The van der Waals surface area contributed by atoms with E-state index in [9.17, 15) is 14.4 Å². The number of nitrogens with zero attached hydrogens (tertiary/aromatic N) is 2. The topological polar surface area (TPSA) is 81.8 Å². The number of piperazine rings is 1. The summed E-state index contributed by atoms with van der Waals surface area (Å²) in [5.74, 6) is 0.0394. The number of carbonyl (C=O) groups is 3. The number of halogens is 1. The third-order valence-electron chi connectivity index (χ3n) is 7.05. The molecule has 1 aliphatic heterocycles. The zero-order valence-corrected chi connectivity index (χ0v) is 20.7. The molecule has 0 spiro atoms. The predicted octanol–water partition coefficient (Wildman–Crippen LogP) is 4.52. The summed E-state index contributed by atoms with van der Waals surface area (Å²) >= 11 is 5.91. The lowest BCUT2D eigenvalue weighted by atomic mass is 9.87. The minimum atomic E-state index is -0.522. The molecule has 7 nitrogen and oxygen atoms in total. The summed E-state index contributed by atoms with van der Waals surface area (Å²) in [4.78, 5) is 42.6. The van der Waals surface area contributed by atoms with Crippen molar-refractivity contribution in [2.45, 2.75) is 71.4 Å². The van der Waals surface area contributed by atoms with Crippen molar-refractivity contribution in [1.82, 2.24) is 15.1 Å². The number of carbonyl (C=O) groups excluding carboxylic acids is 3. The molecule has 3 atom stereocenters. The van der Waals surface area contributed by atoms with Crippen molar-refractivity contribution in [3.05, 3.63) is 29.3 Å². The number of benzene rings is 1. The molecule has 1 aromatic rings. The van der Waals surface area contributed by atoms with E-state index in [4.69, 9.17) is 11.6 Å². The minimum absolute atomic E-state index is 0.0161. The number of amides is 4. The minimum Gasteiger partial charge on any atom is -0.344 e. The van der Waals surface area contributed by atoms with Gasteiger partial charge in [0.2, 0.25) is 11.8 Å². The van der Waals surface area contributed by atoms with Gasteiger partial charge in [0.05, 0.1) is 0 Å². The Morgan fingerprint density at radius 3 is 2.36 bits per heavy atom. The fourth-order valence-electron chi connectivity index (χ4n) is 4.70. The second-order valence-electron chi connectivity index (χ2n) is 9.47. The van der Waals surface area contributed by atoms with Crippen molar-refractivity contribution in [2.75, 3.05) is 25.0 Å². The van der Waals surface area contributed by atoms with Crippen LogP contribution in [0.25, 0.3) is 0 Å². The maximum Gasteiger partial charge on any atom is 0.322 e. The number of urea groups is 1. The zero-order chi connectivity index (χ0) is 24.0. The lowest BCUT2D eigenvalue weighted by Gasteiger charge is -2.41. The van der Waals surface area contributed by atoms with Crippen molar-refractivity contribution in [3.8, 4) is 0 Å². The third-order valence-corrected chi connectivity index (χ3v) is 7.30. The second-order valence-corrected chi connectivity index (χ2v) is 9.91. The van der Waals surface area contributed by atoms with Crippen LogP contribution in [0.5, 0.6) is 0 Å². The smallest absolute Gasteiger partial charge is 0.322 e. The molecule has 0 aromatic heterocycles. The third kappa shape index (κ3) is 6.62. The molecule has 0 radical (unpaired) electrons. The predicted molar refractivity (Wildman–Crippen MR) is 131 cm³/mol. The Balaban J connectivity index is 1.59. The summed E-state index contributed by atoms with van der Waals surface area (Å²) in [5.41, 5.74) is 0.678. The Labute approximate surface area is 202 Å². The maximum atomic E-state index is 13.4. The van der Waals surface area contributed by atoms with Crippen LogP contribution in [0.1, 0.15) is 59.3 Å². The van der Waals surface area contributed by atoms with Gasteiger partial charge < -0.3 is 20.4 Å². The molecule has 0 bridgehead atoms. The molecular formula is C25H37ClN4O3. The monoisotopic (exact) mass is 476 g/mol.